The third-order valence-electron chi connectivity index (χ3n) is 5.55. The van der Waals surface area contributed by atoms with E-state index in [1.165, 1.54) is 28.4 Å². The molecule has 0 bridgehead atoms. The summed E-state index contributed by atoms with van der Waals surface area (Å²) in [6, 6.07) is 14.3. The number of ether oxygens (including phenoxy) is 1. The van der Waals surface area contributed by atoms with Gasteiger partial charge in [-0.15, -0.1) is 11.3 Å². The predicted octanol–water partition coefficient (Wildman–Crippen LogP) is 5.71. The molecule has 0 radical (unpaired) electrons. The van der Waals surface area contributed by atoms with Crippen LogP contribution < -0.4 is 4.74 Å². The standard InChI is InChI=1S/C23H15BrClFN2O3S/c1-31-14-5-2-12(3-6-14)11-28-21(29)15-7-9-18-20(27-22(24)32-18)19(15)23(28,30)16-10-13(26)4-8-17(16)25/h2-10,30H,11H2,1H3. The molecular formula is C23H15BrClFN2O3S. The van der Waals surface area contributed by atoms with E-state index in [0.717, 1.165) is 16.3 Å². The molecule has 1 atom stereocenters. The van der Waals surface area contributed by atoms with E-state index in [-0.39, 0.29) is 17.1 Å². The second-order valence-corrected chi connectivity index (χ2v) is 10.1. The van der Waals surface area contributed by atoms with Crippen LogP contribution in [0.1, 0.15) is 27.0 Å². The Labute approximate surface area is 200 Å². The van der Waals surface area contributed by atoms with E-state index < -0.39 is 17.4 Å². The molecule has 1 unspecified atom stereocenters. The molecule has 0 spiro atoms. The van der Waals surface area contributed by atoms with Crippen LogP contribution in [-0.4, -0.2) is 28.0 Å². The first-order valence-corrected chi connectivity index (χ1v) is 11.5. The zero-order chi connectivity index (χ0) is 22.6. The summed E-state index contributed by atoms with van der Waals surface area (Å²) in [5.74, 6) is -0.304. The van der Waals surface area contributed by atoms with Gasteiger partial charge in [0.25, 0.3) is 5.91 Å². The Balaban J connectivity index is 1.75. The highest BCUT2D eigenvalue weighted by Gasteiger charge is 2.52. The number of nitrogens with zero attached hydrogens (tertiary/aromatic N) is 2. The fourth-order valence-corrected chi connectivity index (χ4v) is 5.72. The maximum Gasteiger partial charge on any atom is 0.257 e. The first-order valence-electron chi connectivity index (χ1n) is 9.55. The normalized spacial score (nSPS) is 17.8. The number of rotatable bonds is 4. The van der Waals surface area contributed by atoms with Gasteiger partial charge in [0.05, 0.1) is 22.9 Å². The van der Waals surface area contributed by atoms with Gasteiger partial charge in [0.15, 0.2) is 9.64 Å². The number of carbonyl (C=O) groups is 1. The third kappa shape index (κ3) is 3.21. The minimum absolute atomic E-state index is 0.0631. The zero-order valence-electron chi connectivity index (χ0n) is 16.6. The average Bonchev–Trinajstić information content (AvgIpc) is 3.26. The van der Waals surface area contributed by atoms with Gasteiger partial charge < -0.3 is 9.84 Å². The van der Waals surface area contributed by atoms with E-state index in [1.54, 1.807) is 43.5 Å². The van der Waals surface area contributed by atoms with Gasteiger partial charge in [0.1, 0.15) is 11.6 Å². The van der Waals surface area contributed by atoms with Crippen LogP contribution in [0.2, 0.25) is 5.02 Å². The molecule has 1 aliphatic heterocycles. The van der Waals surface area contributed by atoms with Crippen molar-refractivity contribution >= 4 is 55.0 Å². The minimum Gasteiger partial charge on any atom is -0.497 e. The Kier molecular flexibility index (Phi) is 5.21. The van der Waals surface area contributed by atoms with Crippen molar-refractivity contribution in [3.63, 3.8) is 0 Å². The van der Waals surface area contributed by atoms with E-state index in [9.17, 15) is 14.3 Å². The molecular weight excluding hydrogens is 519 g/mol. The molecule has 0 saturated heterocycles. The molecule has 0 aliphatic carbocycles. The van der Waals surface area contributed by atoms with Gasteiger partial charge >= 0.3 is 0 Å². The second-order valence-electron chi connectivity index (χ2n) is 7.34. The highest BCUT2D eigenvalue weighted by molar-refractivity contribution is 9.11. The first kappa shape index (κ1) is 21.3. The second kappa shape index (κ2) is 7.81. The summed E-state index contributed by atoms with van der Waals surface area (Å²) >= 11 is 11.2. The molecule has 1 amide bonds. The quantitative estimate of drug-likeness (QED) is 0.365. The van der Waals surface area contributed by atoms with Gasteiger partial charge in [-0.2, -0.15) is 0 Å². The molecule has 1 aliphatic rings. The van der Waals surface area contributed by atoms with Crippen molar-refractivity contribution < 1.29 is 19.0 Å². The summed E-state index contributed by atoms with van der Waals surface area (Å²) in [5.41, 5.74) is -0.120. The maximum absolute atomic E-state index is 14.3. The van der Waals surface area contributed by atoms with E-state index in [2.05, 4.69) is 20.9 Å². The number of hydrogen-bond donors (Lipinski definition) is 1. The molecule has 5 nitrogen and oxygen atoms in total. The highest BCUT2D eigenvalue weighted by atomic mass is 79.9. The number of carbonyl (C=O) groups excluding carboxylic acids is 1. The summed E-state index contributed by atoms with van der Waals surface area (Å²) in [4.78, 5) is 19.3. The van der Waals surface area contributed by atoms with E-state index in [1.807, 2.05) is 0 Å². The van der Waals surface area contributed by atoms with E-state index in [4.69, 9.17) is 16.3 Å². The monoisotopic (exact) mass is 532 g/mol. The van der Waals surface area contributed by atoms with Crippen LogP contribution in [0, 0.1) is 5.82 Å². The number of halogens is 3. The SMILES string of the molecule is COc1ccc(CN2C(=O)c3ccc4sc(Br)nc4c3C2(O)c2cc(F)ccc2Cl)cc1. The lowest BCUT2D eigenvalue weighted by molar-refractivity contribution is -0.0535. The molecule has 32 heavy (non-hydrogen) atoms. The fourth-order valence-electron chi connectivity index (χ4n) is 4.07. The summed E-state index contributed by atoms with van der Waals surface area (Å²) in [6.07, 6.45) is 0. The molecule has 3 aromatic carbocycles. The summed E-state index contributed by atoms with van der Waals surface area (Å²) < 4.78 is 20.9. The number of amides is 1. The summed E-state index contributed by atoms with van der Waals surface area (Å²) in [6.45, 7) is 0.0631. The number of benzene rings is 3. The Morgan fingerprint density at radius 3 is 2.69 bits per heavy atom. The van der Waals surface area contributed by atoms with Crippen molar-refractivity contribution in [2.75, 3.05) is 7.11 Å². The molecule has 5 rings (SSSR count). The molecule has 0 fully saturated rings. The number of fused-ring (bicyclic) bond motifs is 3. The molecule has 162 valence electrons. The lowest BCUT2D eigenvalue weighted by Crippen LogP contribution is -2.44. The Bertz CT molecular complexity index is 1380. The predicted molar refractivity (Wildman–Crippen MR) is 125 cm³/mol. The van der Waals surface area contributed by atoms with Gasteiger partial charge in [0.2, 0.25) is 0 Å². The number of aliphatic hydroxyl groups is 1. The highest BCUT2D eigenvalue weighted by Crippen LogP contribution is 2.49. The van der Waals surface area contributed by atoms with Crippen molar-refractivity contribution in [2.24, 2.45) is 0 Å². The van der Waals surface area contributed by atoms with Gasteiger partial charge in [-0.1, -0.05) is 23.7 Å². The van der Waals surface area contributed by atoms with Gasteiger partial charge in [-0.25, -0.2) is 9.37 Å². The largest absolute Gasteiger partial charge is 0.497 e. The summed E-state index contributed by atoms with van der Waals surface area (Å²) in [5, 5.41) is 12.3. The lowest BCUT2D eigenvalue weighted by Gasteiger charge is -2.35. The van der Waals surface area contributed by atoms with Crippen molar-refractivity contribution in [1.82, 2.24) is 9.88 Å². The van der Waals surface area contributed by atoms with Crippen LogP contribution in [0.3, 0.4) is 0 Å². The molecule has 0 saturated carbocycles. The Morgan fingerprint density at radius 1 is 1.22 bits per heavy atom. The number of hydrogen-bond acceptors (Lipinski definition) is 5. The van der Waals surface area contributed by atoms with Crippen molar-refractivity contribution in [1.29, 1.82) is 0 Å². The van der Waals surface area contributed by atoms with Crippen molar-refractivity contribution in [3.8, 4) is 5.75 Å². The molecule has 4 aromatic rings. The van der Waals surface area contributed by atoms with Gasteiger partial charge in [-0.05, 0) is 64.0 Å². The van der Waals surface area contributed by atoms with Crippen LogP contribution in [0.15, 0.2) is 58.5 Å². The maximum atomic E-state index is 14.3. The van der Waals surface area contributed by atoms with Crippen LogP contribution in [0.5, 0.6) is 5.75 Å². The molecule has 1 aromatic heterocycles. The van der Waals surface area contributed by atoms with Crippen LogP contribution >= 0.6 is 38.9 Å². The van der Waals surface area contributed by atoms with Crippen molar-refractivity contribution in [2.45, 2.75) is 12.3 Å². The molecule has 1 N–H and O–H groups in total. The van der Waals surface area contributed by atoms with E-state index in [0.29, 0.717) is 26.3 Å². The third-order valence-corrected chi connectivity index (χ3v) is 7.35. The van der Waals surface area contributed by atoms with Crippen LogP contribution in [0.4, 0.5) is 4.39 Å². The van der Waals surface area contributed by atoms with Crippen LogP contribution in [0.25, 0.3) is 10.2 Å². The summed E-state index contributed by atoms with van der Waals surface area (Å²) in [7, 11) is 1.57. The smallest absolute Gasteiger partial charge is 0.257 e. The van der Waals surface area contributed by atoms with E-state index >= 15 is 0 Å². The Morgan fingerprint density at radius 2 is 1.97 bits per heavy atom. The molecule has 9 heteroatoms. The van der Waals surface area contributed by atoms with Crippen molar-refractivity contribution in [3.05, 3.63) is 91.6 Å². The van der Waals surface area contributed by atoms with Crippen LogP contribution in [-0.2, 0) is 12.3 Å². The zero-order valence-corrected chi connectivity index (χ0v) is 19.8. The molecule has 2 heterocycles. The Hall–Kier alpha value is -2.52. The minimum atomic E-state index is -2.02. The number of thiazole rings is 1. The fraction of sp³-hybridized carbons (Fsp3) is 0.130. The topological polar surface area (TPSA) is 62.7 Å². The number of aromatic nitrogens is 1. The first-order chi connectivity index (χ1) is 15.3. The lowest BCUT2D eigenvalue weighted by atomic mass is 9.92. The van der Waals surface area contributed by atoms with Gasteiger partial charge in [-0.3, -0.25) is 9.69 Å². The number of methoxy groups -OCH3 is 1. The van der Waals surface area contributed by atoms with Gasteiger partial charge in [0, 0.05) is 22.7 Å². The average molecular weight is 534 g/mol.